The highest BCUT2D eigenvalue weighted by Crippen LogP contribution is 2.27. The van der Waals surface area contributed by atoms with Crippen molar-refractivity contribution >= 4 is 0 Å². The first-order valence-corrected chi connectivity index (χ1v) is 10.5. The minimum absolute atomic E-state index is 0.0555. The molecule has 32 heavy (non-hydrogen) atoms. The van der Waals surface area contributed by atoms with Gasteiger partial charge >= 0.3 is 0 Å². The highest BCUT2D eigenvalue weighted by Gasteiger charge is 2.12. The van der Waals surface area contributed by atoms with Crippen LogP contribution in [-0.2, 0) is 0 Å². The lowest BCUT2D eigenvalue weighted by atomic mass is 10.0. The van der Waals surface area contributed by atoms with Crippen LogP contribution < -0.4 is 9.47 Å². The molecule has 3 rings (SSSR count). The van der Waals surface area contributed by atoms with Crippen LogP contribution in [-0.4, -0.2) is 29.0 Å². The molecule has 3 aromatic rings. The summed E-state index contributed by atoms with van der Waals surface area (Å²) in [5.74, 6) is 1.50. The molecule has 166 valence electrons. The fourth-order valence-corrected chi connectivity index (χ4v) is 3.24. The van der Waals surface area contributed by atoms with Crippen molar-refractivity contribution in [1.82, 2.24) is 0 Å². The van der Waals surface area contributed by atoms with E-state index in [-0.39, 0.29) is 18.8 Å². The molecule has 0 aliphatic heterocycles. The Bertz CT molecular complexity index is 1040. The normalized spacial score (nSPS) is 12.3. The van der Waals surface area contributed by atoms with E-state index in [9.17, 15) is 15.3 Å². The number of aliphatic hydroxyl groups excluding tert-OH is 2. The zero-order valence-corrected chi connectivity index (χ0v) is 18.0. The highest BCUT2D eigenvalue weighted by atomic mass is 16.5. The van der Waals surface area contributed by atoms with Crippen LogP contribution in [0, 0.1) is 0 Å². The smallest absolute Gasteiger partial charge is 0.121 e. The van der Waals surface area contributed by atoms with Crippen molar-refractivity contribution in [3.8, 4) is 17.2 Å². The molecular weight excluding hydrogens is 404 g/mol. The first-order valence-electron chi connectivity index (χ1n) is 10.5. The number of hydrogen-bond acceptors (Lipinski definition) is 5. The average molecular weight is 433 g/mol. The fourth-order valence-electron chi connectivity index (χ4n) is 3.24. The molecule has 0 saturated carbocycles. The molecular formula is C27H28O5. The van der Waals surface area contributed by atoms with Gasteiger partial charge in [-0.25, -0.2) is 0 Å². The molecule has 0 aromatic heterocycles. The number of hydrogen-bond donors (Lipinski definition) is 3. The van der Waals surface area contributed by atoms with Crippen LogP contribution in [0.25, 0.3) is 0 Å². The van der Waals surface area contributed by atoms with Crippen molar-refractivity contribution in [2.24, 2.45) is 0 Å². The number of ether oxygens (including phenoxy) is 2. The van der Waals surface area contributed by atoms with Crippen LogP contribution in [0.1, 0.15) is 36.2 Å². The van der Waals surface area contributed by atoms with Gasteiger partial charge in [0.15, 0.2) is 0 Å². The predicted octanol–water partition coefficient (Wildman–Crippen LogP) is 5.11. The van der Waals surface area contributed by atoms with E-state index in [4.69, 9.17) is 9.47 Å². The Morgan fingerprint density at radius 2 is 1.56 bits per heavy atom. The summed E-state index contributed by atoms with van der Waals surface area (Å²) in [4.78, 5) is 0. The Hall–Kier alpha value is -3.50. The zero-order chi connectivity index (χ0) is 22.8. The Morgan fingerprint density at radius 1 is 0.875 bits per heavy atom. The van der Waals surface area contributed by atoms with Gasteiger partial charge < -0.3 is 24.8 Å². The van der Waals surface area contributed by atoms with Crippen molar-refractivity contribution in [2.75, 3.05) is 13.7 Å². The number of phenols is 1. The molecule has 0 saturated heterocycles. The van der Waals surface area contributed by atoms with Gasteiger partial charge in [0, 0.05) is 24.0 Å². The second-order valence-electron chi connectivity index (χ2n) is 7.36. The van der Waals surface area contributed by atoms with E-state index in [0.29, 0.717) is 12.0 Å². The molecule has 0 aliphatic carbocycles. The van der Waals surface area contributed by atoms with Crippen molar-refractivity contribution in [2.45, 2.75) is 25.0 Å². The molecule has 5 heteroatoms. The summed E-state index contributed by atoms with van der Waals surface area (Å²) < 4.78 is 11.0. The molecule has 0 bridgehead atoms. The van der Waals surface area contributed by atoms with E-state index >= 15 is 0 Å². The molecule has 0 heterocycles. The van der Waals surface area contributed by atoms with Gasteiger partial charge in [0.25, 0.3) is 0 Å². The quantitative estimate of drug-likeness (QED) is 0.388. The van der Waals surface area contributed by atoms with E-state index in [1.165, 1.54) is 0 Å². The maximum absolute atomic E-state index is 10.7. The molecule has 0 spiro atoms. The Labute approximate surface area is 188 Å². The number of rotatable bonds is 10. The van der Waals surface area contributed by atoms with Crippen LogP contribution in [0.4, 0.5) is 0 Å². The van der Waals surface area contributed by atoms with Crippen LogP contribution in [0.15, 0.2) is 96.2 Å². The number of aliphatic hydroxyl groups is 2. The van der Waals surface area contributed by atoms with E-state index in [1.54, 1.807) is 49.6 Å². The minimum atomic E-state index is -0.855. The van der Waals surface area contributed by atoms with Crippen LogP contribution in [0.2, 0.25) is 0 Å². The van der Waals surface area contributed by atoms with Crippen LogP contribution in [0.5, 0.6) is 17.2 Å². The number of para-hydroxylation sites is 2. The summed E-state index contributed by atoms with van der Waals surface area (Å²) in [6.07, 6.45) is 0.709. The molecule has 3 N–H and O–H groups in total. The van der Waals surface area contributed by atoms with E-state index < -0.39 is 12.2 Å². The lowest BCUT2D eigenvalue weighted by Crippen LogP contribution is -2.06. The third-order valence-corrected chi connectivity index (χ3v) is 5.04. The first kappa shape index (κ1) is 23.2. The van der Waals surface area contributed by atoms with E-state index in [0.717, 1.165) is 22.6 Å². The highest BCUT2D eigenvalue weighted by molar-refractivity contribution is 5.34. The summed E-state index contributed by atoms with van der Waals surface area (Å²) in [5, 5.41) is 31.0. The Morgan fingerprint density at radius 3 is 2.25 bits per heavy atom. The van der Waals surface area contributed by atoms with Crippen molar-refractivity contribution in [3.63, 3.8) is 0 Å². The van der Waals surface area contributed by atoms with Gasteiger partial charge in [0.05, 0.1) is 19.3 Å². The summed E-state index contributed by atoms with van der Waals surface area (Å²) in [7, 11) is 1.60. The third-order valence-electron chi connectivity index (χ3n) is 5.04. The van der Waals surface area contributed by atoms with Gasteiger partial charge in [0.1, 0.15) is 23.9 Å². The molecule has 5 nitrogen and oxygen atoms in total. The average Bonchev–Trinajstić information content (AvgIpc) is 2.83. The second kappa shape index (κ2) is 11.8. The Kier molecular flexibility index (Phi) is 8.52. The van der Waals surface area contributed by atoms with Crippen molar-refractivity contribution in [1.29, 1.82) is 0 Å². The minimum Gasteiger partial charge on any atom is -0.508 e. The van der Waals surface area contributed by atoms with Gasteiger partial charge in [-0.2, -0.15) is 0 Å². The summed E-state index contributed by atoms with van der Waals surface area (Å²) in [6.45, 7) is 0.250. The standard InChI is InChI=1S/C27H28O5/c1-31-22-16-14-21(15-17-22)27(30)18-20(19-32-23-9-3-2-4-10-23)8-7-13-26(29)24-11-5-6-12-25(24)28/h2-7,9-12,14-17,26-30H,13,18-19H2,1H3/t8?,26-,27-/m1/s1. The largest absolute Gasteiger partial charge is 0.508 e. The Balaban J connectivity index is 1.73. The van der Waals surface area contributed by atoms with Gasteiger partial charge in [-0.15, -0.1) is 5.73 Å². The maximum Gasteiger partial charge on any atom is 0.121 e. The summed E-state index contributed by atoms with van der Waals surface area (Å²) in [6, 6.07) is 23.4. The topological polar surface area (TPSA) is 79.2 Å². The fraction of sp³-hybridized carbons (Fsp3) is 0.222. The zero-order valence-electron chi connectivity index (χ0n) is 18.0. The van der Waals surface area contributed by atoms with Crippen LogP contribution >= 0.6 is 0 Å². The third kappa shape index (κ3) is 6.76. The number of aromatic hydroxyl groups is 1. The maximum atomic E-state index is 10.7. The number of benzene rings is 3. The molecule has 0 unspecified atom stereocenters. The molecule has 0 radical (unpaired) electrons. The van der Waals surface area contributed by atoms with Crippen molar-refractivity contribution < 1.29 is 24.8 Å². The number of phenolic OH excluding ortho intramolecular Hbond substituents is 1. The summed E-state index contributed by atoms with van der Waals surface area (Å²) in [5.41, 5.74) is 5.15. The van der Waals surface area contributed by atoms with E-state index in [1.807, 2.05) is 42.5 Å². The van der Waals surface area contributed by atoms with Crippen LogP contribution in [0.3, 0.4) is 0 Å². The monoisotopic (exact) mass is 432 g/mol. The first-order chi connectivity index (χ1) is 15.6. The molecule has 0 fully saturated rings. The number of methoxy groups -OCH3 is 1. The van der Waals surface area contributed by atoms with Gasteiger partial charge in [-0.3, -0.25) is 0 Å². The lowest BCUT2D eigenvalue weighted by molar-refractivity contribution is 0.173. The SMILES string of the molecule is COc1ccc([C@H](O)CC(=C=CC[C@@H](O)c2ccccc2O)COc2ccccc2)cc1. The van der Waals surface area contributed by atoms with Gasteiger partial charge in [-0.1, -0.05) is 48.5 Å². The lowest BCUT2D eigenvalue weighted by Gasteiger charge is -2.14. The molecule has 3 aromatic carbocycles. The predicted molar refractivity (Wildman–Crippen MR) is 124 cm³/mol. The molecule has 0 amide bonds. The van der Waals surface area contributed by atoms with E-state index in [2.05, 4.69) is 5.73 Å². The van der Waals surface area contributed by atoms with Gasteiger partial charge in [0.2, 0.25) is 0 Å². The van der Waals surface area contributed by atoms with Crippen molar-refractivity contribution in [3.05, 3.63) is 107 Å². The second-order valence-corrected chi connectivity index (χ2v) is 7.36. The summed E-state index contributed by atoms with van der Waals surface area (Å²) >= 11 is 0. The molecule has 2 atom stereocenters. The molecule has 0 aliphatic rings. The van der Waals surface area contributed by atoms with Gasteiger partial charge in [-0.05, 0) is 42.0 Å².